The average molecular weight is 377 g/mol. The van der Waals surface area contributed by atoms with Gasteiger partial charge in [0.1, 0.15) is 12.2 Å². The first kappa shape index (κ1) is 19.3. The molecule has 0 spiro atoms. The Labute approximate surface area is 163 Å². The summed E-state index contributed by atoms with van der Waals surface area (Å²) in [6.45, 7) is 7.96. The van der Waals surface area contributed by atoms with Crippen LogP contribution < -0.4 is 0 Å². The summed E-state index contributed by atoms with van der Waals surface area (Å²) in [6.07, 6.45) is 10.6. The minimum absolute atomic E-state index is 0.0188. The van der Waals surface area contributed by atoms with E-state index >= 15 is 0 Å². The molecule has 0 N–H and O–H groups in total. The summed E-state index contributed by atoms with van der Waals surface area (Å²) in [5.41, 5.74) is 0.420. The quantitative estimate of drug-likeness (QED) is 0.644. The highest BCUT2D eigenvalue weighted by Crippen LogP contribution is 2.67. The molecule has 4 rings (SSSR count). The smallest absolute Gasteiger partial charge is 0.302 e. The molecule has 152 valence electrons. The van der Waals surface area contributed by atoms with Gasteiger partial charge in [0.2, 0.25) is 0 Å². The molecule has 0 heterocycles. The molecule has 27 heavy (non-hydrogen) atoms. The van der Waals surface area contributed by atoms with Crippen LogP contribution in [0.4, 0.5) is 0 Å². The number of ether oxygens (including phenoxy) is 2. The molecule has 2 unspecified atom stereocenters. The average Bonchev–Trinajstić information content (AvgIpc) is 2.97. The van der Waals surface area contributed by atoms with Crippen LogP contribution in [0, 0.1) is 34.5 Å². The molecule has 4 aliphatic rings. The Morgan fingerprint density at radius 3 is 2.30 bits per heavy atom. The SMILES string of the molecule is CC(=O)OC1C[C@H]2CCCC(OC(C)=O)[C@]2(C)[C@H]2CC[C@]3(C)CCC[C@H]3[C@H]12. The van der Waals surface area contributed by atoms with Crippen LogP contribution in [0.2, 0.25) is 0 Å². The molecule has 4 fully saturated rings. The molecule has 0 radical (unpaired) electrons. The van der Waals surface area contributed by atoms with Crippen molar-refractivity contribution in [2.75, 3.05) is 0 Å². The highest BCUT2D eigenvalue weighted by molar-refractivity contribution is 5.66. The van der Waals surface area contributed by atoms with Gasteiger partial charge in [-0.25, -0.2) is 0 Å². The number of rotatable bonds is 2. The third-order valence-corrected chi connectivity index (χ3v) is 9.08. The second-order valence-corrected chi connectivity index (χ2v) is 10.4. The lowest BCUT2D eigenvalue weighted by Crippen LogP contribution is -2.62. The molecule has 0 aliphatic heterocycles. The molecule has 0 amide bonds. The Kier molecular flexibility index (Phi) is 4.83. The van der Waals surface area contributed by atoms with Crippen molar-refractivity contribution in [1.82, 2.24) is 0 Å². The lowest BCUT2D eigenvalue weighted by Gasteiger charge is -2.63. The second-order valence-electron chi connectivity index (χ2n) is 10.4. The Hall–Kier alpha value is -1.06. The summed E-state index contributed by atoms with van der Waals surface area (Å²) in [5, 5.41) is 0. The Morgan fingerprint density at radius 2 is 1.59 bits per heavy atom. The Morgan fingerprint density at radius 1 is 0.852 bits per heavy atom. The minimum atomic E-state index is -0.151. The maximum atomic E-state index is 11.9. The molecule has 0 bridgehead atoms. The normalized spacial score (nSPS) is 48.7. The molecular formula is C23H36O4. The van der Waals surface area contributed by atoms with E-state index in [2.05, 4.69) is 13.8 Å². The van der Waals surface area contributed by atoms with Crippen molar-refractivity contribution in [2.24, 2.45) is 34.5 Å². The third-order valence-electron chi connectivity index (χ3n) is 9.08. The fourth-order valence-corrected chi connectivity index (χ4v) is 7.94. The van der Waals surface area contributed by atoms with Crippen molar-refractivity contribution in [3.05, 3.63) is 0 Å². The van der Waals surface area contributed by atoms with Gasteiger partial charge in [0.25, 0.3) is 0 Å². The Balaban J connectivity index is 1.72. The number of fused-ring (bicyclic) bond motifs is 5. The van der Waals surface area contributed by atoms with Gasteiger partial charge in [-0.3, -0.25) is 9.59 Å². The van der Waals surface area contributed by atoms with Crippen LogP contribution in [0.1, 0.15) is 85.5 Å². The largest absolute Gasteiger partial charge is 0.462 e. The Bertz CT molecular complexity index is 615. The maximum Gasteiger partial charge on any atom is 0.302 e. The van der Waals surface area contributed by atoms with Crippen molar-refractivity contribution in [2.45, 2.75) is 97.7 Å². The first-order valence-electron chi connectivity index (χ1n) is 11.1. The summed E-state index contributed by atoms with van der Waals surface area (Å²) in [6, 6.07) is 0. The lowest BCUT2D eigenvalue weighted by molar-refractivity contribution is -0.216. The maximum absolute atomic E-state index is 11.9. The van der Waals surface area contributed by atoms with E-state index in [0.717, 1.165) is 25.7 Å². The van der Waals surface area contributed by atoms with E-state index in [1.165, 1.54) is 32.1 Å². The van der Waals surface area contributed by atoms with Crippen molar-refractivity contribution in [1.29, 1.82) is 0 Å². The predicted octanol–water partition coefficient (Wildman–Crippen LogP) is 4.89. The topological polar surface area (TPSA) is 52.6 Å². The predicted molar refractivity (Wildman–Crippen MR) is 103 cm³/mol. The van der Waals surface area contributed by atoms with Crippen LogP contribution in [0.25, 0.3) is 0 Å². The molecule has 0 aromatic heterocycles. The van der Waals surface area contributed by atoms with Crippen molar-refractivity contribution < 1.29 is 19.1 Å². The van der Waals surface area contributed by atoms with Crippen LogP contribution in [0.5, 0.6) is 0 Å². The lowest BCUT2D eigenvalue weighted by atomic mass is 9.44. The monoisotopic (exact) mass is 376 g/mol. The molecular weight excluding hydrogens is 340 g/mol. The molecule has 4 heteroatoms. The van der Waals surface area contributed by atoms with Gasteiger partial charge < -0.3 is 9.47 Å². The summed E-state index contributed by atoms with van der Waals surface area (Å²) in [4.78, 5) is 23.8. The number of hydrogen-bond acceptors (Lipinski definition) is 4. The zero-order valence-electron chi connectivity index (χ0n) is 17.5. The minimum Gasteiger partial charge on any atom is -0.462 e. The van der Waals surface area contributed by atoms with Crippen LogP contribution in [-0.2, 0) is 19.1 Å². The van der Waals surface area contributed by atoms with Gasteiger partial charge in [0.05, 0.1) is 0 Å². The number of carbonyl (C=O) groups excluding carboxylic acids is 2. The van der Waals surface area contributed by atoms with E-state index in [1.54, 1.807) is 13.8 Å². The summed E-state index contributed by atoms with van der Waals surface area (Å²) in [7, 11) is 0. The number of hydrogen-bond donors (Lipinski definition) is 0. The van der Waals surface area contributed by atoms with Gasteiger partial charge >= 0.3 is 11.9 Å². The molecule has 0 saturated heterocycles. The first-order valence-corrected chi connectivity index (χ1v) is 11.1. The zero-order chi connectivity index (χ0) is 19.4. The number of esters is 2. The van der Waals surface area contributed by atoms with Gasteiger partial charge in [0.15, 0.2) is 0 Å². The first-order chi connectivity index (χ1) is 12.8. The van der Waals surface area contributed by atoms with E-state index < -0.39 is 0 Å². The summed E-state index contributed by atoms with van der Waals surface area (Å²) in [5.74, 6) is 1.74. The van der Waals surface area contributed by atoms with Crippen LogP contribution in [0.3, 0.4) is 0 Å². The second kappa shape index (κ2) is 6.77. The molecule has 4 aliphatic carbocycles. The standard InChI is InChI=1S/C23H36O4/c1-14(24)26-19-13-16-7-5-9-20(27-15(2)25)23(16,4)18-10-12-22(3)11-6-8-17(22)21(18)19/h16-21H,5-13H2,1-4H3/t16-,17+,18+,19?,20?,21+,22+,23+/m1/s1. The van der Waals surface area contributed by atoms with E-state index in [-0.39, 0.29) is 29.6 Å². The van der Waals surface area contributed by atoms with Crippen LogP contribution >= 0.6 is 0 Å². The van der Waals surface area contributed by atoms with Gasteiger partial charge in [-0.2, -0.15) is 0 Å². The highest BCUT2D eigenvalue weighted by atomic mass is 16.5. The van der Waals surface area contributed by atoms with Gasteiger partial charge in [-0.05, 0) is 74.5 Å². The zero-order valence-corrected chi connectivity index (χ0v) is 17.5. The molecule has 8 atom stereocenters. The van der Waals surface area contributed by atoms with Crippen LogP contribution in [-0.4, -0.2) is 24.1 Å². The van der Waals surface area contributed by atoms with Gasteiger partial charge in [-0.15, -0.1) is 0 Å². The molecule has 4 saturated carbocycles. The molecule has 0 aromatic rings. The van der Waals surface area contributed by atoms with E-state index in [1.807, 2.05) is 0 Å². The fraction of sp³-hybridized carbons (Fsp3) is 0.913. The molecule has 0 aromatic carbocycles. The fourth-order valence-electron chi connectivity index (χ4n) is 7.94. The molecule has 4 nitrogen and oxygen atoms in total. The summed E-state index contributed by atoms with van der Waals surface area (Å²) < 4.78 is 11.9. The van der Waals surface area contributed by atoms with Gasteiger partial charge in [-0.1, -0.05) is 20.3 Å². The van der Waals surface area contributed by atoms with Crippen molar-refractivity contribution in [3.8, 4) is 0 Å². The third kappa shape index (κ3) is 3.02. The van der Waals surface area contributed by atoms with Crippen LogP contribution in [0.15, 0.2) is 0 Å². The number of carbonyl (C=O) groups is 2. The van der Waals surface area contributed by atoms with Gasteiger partial charge in [0, 0.05) is 25.2 Å². The van der Waals surface area contributed by atoms with E-state index in [4.69, 9.17) is 9.47 Å². The van der Waals surface area contributed by atoms with Crippen molar-refractivity contribution in [3.63, 3.8) is 0 Å². The summed E-state index contributed by atoms with van der Waals surface area (Å²) >= 11 is 0. The van der Waals surface area contributed by atoms with E-state index in [9.17, 15) is 9.59 Å². The van der Waals surface area contributed by atoms with Crippen molar-refractivity contribution >= 4 is 11.9 Å². The highest BCUT2D eigenvalue weighted by Gasteiger charge is 2.63. The van der Waals surface area contributed by atoms with E-state index in [0.29, 0.717) is 29.1 Å².